The van der Waals surface area contributed by atoms with Crippen molar-refractivity contribution in [3.63, 3.8) is 0 Å². The molecule has 0 spiro atoms. The van der Waals surface area contributed by atoms with E-state index in [2.05, 4.69) is 17.2 Å². The highest BCUT2D eigenvalue weighted by molar-refractivity contribution is 7.97. The van der Waals surface area contributed by atoms with Crippen molar-refractivity contribution in [2.45, 2.75) is 13.0 Å². The Balaban J connectivity index is 2.18. The summed E-state index contributed by atoms with van der Waals surface area (Å²) in [5.41, 5.74) is 3.03. The lowest BCUT2D eigenvalue weighted by Gasteiger charge is -1.92. The van der Waals surface area contributed by atoms with Gasteiger partial charge in [0, 0.05) is 11.8 Å². The van der Waals surface area contributed by atoms with Crippen LogP contribution in [0.3, 0.4) is 0 Å². The van der Waals surface area contributed by atoms with Crippen LogP contribution in [0.4, 0.5) is 0 Å². The van der Waals surface area contributed by atoms with Gasteiger partial charge in [-0.2, -0.15) is 0 Å². The standard InChI is InChI=1S/C3H8N2S/c1-3-2-6-5-4-3/h3-5H,2H2,1H3. The molecular formula is C3H8N2S. The lowest BCUT2D eigenvalue weighted by molar-refractivity contribution is 0.621. The molecule has 2 N–H and O–H groups in total. The molecule has 1 rings (SSSR count). The predicted molar refractivity (Wildman–Crippen MR) is 28.2 cm³/mol. The Hall–Kier alpha value is 0.270. The van der Waals surface area contributed by atoms with E-state index in [1.807, 2.05) is 0 Å². The smallest absolute Gasteiger partial charge is 0.0297 e. The highest BCUT2D eigenvalue weighted by Crippen LogP contribution is 2.00. The highest BCUT2D eigenvalue weighted by atomic mass is 32.2. The van der Waals surface area contributed by atoms with Crippen LogP contribution in [0.5, 0.6) is 0 Å². The second-order valence-corrected chi connectivity index (χ2v) is 2.28. The molecule has 0 saturated carbocycles. The van der Waals surface area contributed by atoms with Gasteiger partial charge in [0.1, 0.15) is 0 Å². The van der Waals surface area contributed by atoms with Gasteiger partial charge < -0.3 is 0 Å². The summed E-state index contributed by atoms with van der Waals surface area (Å²) in [4.78, 5) is 2.94. The van der Waals surface area contributed by atoms with Crippen LogP contribution >= 0.6 is 11.9 Å². The monoisotopic (exact) mass is 104 g/mol. The third-order valence-corrected chi connectivity index (χ3v) is 1.64. The summed E-state index contributed by atoms with van der Waals surface area (Å²) in [6.45, 7) is 2.15. The van der Waals surface area contributed by atoms with Gasteiger partial charge in [0.05, 0.1) is 0 Å². The SMILES string of the molecule is CC1CSNN1. The first kappa shape index (κ1) is 4.43. The quantitative estimate of drug-likeness (QED) is 0.427. The van der Waals surface area contributed by atoms with Crippen LogP contribution in [0.2, 0.25) is 0 Å². The van der Waals surface area contributed by atoms with E-state index in [-0.39, 0.29) is 0 Å². The molecule has 1 fully saturated rings. The molecule has 0 aliphatic carbocycles. The second-order valence-electron chi connectivity index (χ2n) is 1.46. The van der Waals surface area contributed by atoms with Gasteiger partial charge in [-0.3, -0.25) is 0 Å². The fourth-order valence-corrected chi connectivity index (χ4v) is 1.05. The van der Waals surface area contributed by atoms with Gasteiger partial charge in [0.2, 0.25) is 0 Å². The van der Waals surface area contributed by atoms with Crippen molar-refractivity contribution >= 4 is 11.9 Å². The zero-order valence-corrected chi connectivity index (χ0v) is 4.51. The molecule has 1 saturated heterocycles. The molecule has 0 amide bonds. The number of nitrogens with one attached hydrogen (secondary N) is 2. The van der Waals surface area contributed by atoms with Crippen molar-refractivity contribution in [3.05, 3.63) is 0 Å². The molecule has 3 heteroatoms. The van der Waals surface area contributed by atoms with E-state index in [0.29, 0.717) is 6.04 Å². The van der Waals surface area contributed by atoms with E-state index < -0.39 is 0 Å². The van der Waals surface area contributed by atoms with Gasteiger partial charge in [0.15, 0.2) is 0 Å². The van der Waals surface area contributed by atoms with Crippen LogP contribution < -0.4 is 10.3 Å². The average molecular weight is 104 g/mol. The Bertz CT molecular complexity index is 42.1. The van der Waals surface area contributed by atoms with Crippen molar-refractivity contribution in [1.29, 1.82) is 0 Å². The van der Waals surface area contributed by atoms with E-state index in [9.17, 15) is 0 Å². The molecule has 0 radical (unpaired) electrons. The van der Waals surface area contributed by atoms with Gasteiger partial charge in [-0.15, -0.1) is 0 Å². The summed E-state index contributed by atoms with van der Waals surface area (Å²) in [5, 5.41) is 0. The maximum Gasteiger partial charge on any atom is 0.0297 e. The number of hydrogen-bond acceptors (Lipinski definition) is 3. The molecule has 1 heterocycles. The summed E-state index contributed by atoms with van der Waals surface area (Å²) in [7, 11) is 0. The molecule has 0 aromatic rings. The molecule has 1 atom stereocenters. The maximum absolute atomic E-state index is 3.03. The number of hydrazine groups is 1. The first-order chi connectivity index (χ1) is 2.89. The van der Waals surface area contributed by atoms with Crippen LogP contribution in [-0.2, 0) is 0 Å². The molecule has 0 aromatic heterocycles. The molecule has 2 nitrogen and oxygen atoms in total. The summed E-state index contributed by atoms with van der Waals surface area (Å²) < 4.78 is 0. The third-order valence-electron chi connectivity index (χ3n) is 0.711. The molecule has 1 unspecified atom stereocenters. The Labute approximate surface area is 41.8 Å². The van der Waals surface area contributed by atoms with Gasteiger partial charge in [-0.1, -0.05) is 11.9 Å². The summed E-state index contributed by atoms with van der Waals surface area (Å²) >= 11 is 1.72. The average Bonchev–Trinajstić information content (AvgIpc) is 1.86. The van der Waals surface area contributed by atoms with E-state index in [4.69, 9.17) is 0 Å². The molecule has 0 aromatic carbocycles. The first-order valence-corrected chi connectivity index (χ1v) is 3.00. The normalized spacial score (nSPS) is 34.5. The fraction of sp³-hybridized carbons (Fsp3) is 1.00. The van der Waals surface area contributed by atoms with Crippen molar-refractivity contribution < 1.29 is 0 Å². The minimum atomic E-state index is 0.648. The highest BCUT2D eigenvalue weighted by Gasteiger charge is 2.05. The Morgan fingerprint density at radius 1 is 1.83 bits per heavy atom. The van der Waals surface area contributed by atoms with Crippen molar-refractivity contribution in [2.24, 2.45) is 0 Å². The van der Waals surface area contributed by atoms with E-state index in [0.717, 1.165) is 0 Å². The van der Waals surface area contributed by atoms with E-state index >= 15 is 0 Å². The van der Waals surface area contributed by atoms with E-state index in [1.165, 1.54) is 5.75 Å². The molecule has 6 heavy (non-hydrogen) atoms. The van der Waals surface area contributed by atoms with Crippen molar-refractivity contribution in [3.8, 4) is 0 Å². The van der Waals surface area contributed by atoms with Crippen LogP contribution in [-0.4, -0.2) is 11.8 Å². The van der Waals surface area contributed by atoms with Gasteiger partial charge in [-0.25, -0.2) is 10.3 Å². The fourth-order valence-electron chi connectivity index (χ4n) is 0.351. The Morgan fingerprint density at radius 2 is 2.67 bits per heavy atom. The Kier molecular flexibility index (Phi) is 1.34. The van der Waals surface area contributed by atoms with Crippen molar-refractivity contribution in [2.75, 3.05) is 5.75 Å². The van der Waals surface area contributed by atoms with Crippen LogP contribution in [0.1, 0.15) is 6.92 Å². The third kappa shape index (κ3) is 0.864. The van der Waals surface area contributed by atoms with Crippen LogP contribution in [0.25, 0.3) is 0 Å². The van der Waals surface area contributed by atoms with Gasteiger partial charge in [0.25, 0.3) is 0 Å². The van der Waals surface area contributed by atoms with Gasteiger partial charge >= 0.3 is 0 Å². The topological polar surface area (TPSA) is 24.1 Å². The molecule has 1 aliphatic rings. The largest absolute Gasteiger partial charge is 0.244 e. The van der Waals surface area contributed by atoms with Crippen molar-refractivity contribution in [1.82, 2.24) is 10.3 Å². The molecule has 0 bridgehead atoms. The lowest BCUT2D eigenvalue weighted by atomic mass is 10.4. The summed E-state index contributed by atoms with van der Waals surface area (Å²) in [6.07, 6.45) is 0. The summed E-state index contributed by atoms with van der Waals surface area (Å²) in [5.74, 6) is 1.18. The molecular weight excluding hydrogens is 96.1 g/mol. The second kappa shape index (κ2) is 1.82. The lowest BCUT2D eigenvalue weighted by Crippen LogP contribution is -2.26. The maximum atomic E-state index is 3.03. The zero-order chi connectivity index (χ0) is 4.41. The minimum Gasteiger partial charge on any atom is -0.244 e. The van der Waals surface area contributed by atoms with Gasteiger partial charge in [-0.05, 0) is 6.92 Å². The van der Waals surface area contributed by atoms with Crippen LogP contribution in [0, 0.1) is 0 Å². The summed E-state index contributed by atoms with van der Waals surface area (Å²) in [6, 6.07) is 0.648. The Morgan fingerprint density at radius 3 is 2.83 bits per heavy atom. The van der Waals surface area contributed by atoms with Crippen LogP contribution in [0.15, 0.2) is 0 Å². The predicted octanol–water partition coefficient (Wildman–Crippen LogP) is 0.131. The zero-order valence-electron chi connectivity index (χ0n) is 3.69. The minimum absolute atomic E-state index is 0.648. The molecule has 36 valence electrons. The van der Waals surface area contributed by atoms with E-state index in [1.54, 1.807) is 11.9 Å². The number of rotatable bonds is 0. The molecule has 1 aliphatic heterocycles. The first-order valence-electron chi connectivity index (χ1n) is 2.02. The number of hydrogen-bond donors (Lipinski definition) is 2.